The summed E-state index contributed by atoms with van der Waals surface area (Å²) in [6.45, 7) is 18.8. The number of nitrogens with zero attached hydrogens (tertiary/aromatic N) is 3. The second-order valence-electron chi connectivity index (χ2n) is 17.1. The standard InChI is InChI=1S/C46H74N6O8S/c1-10-14-23-51(9)28-40(53)50-41(31(7)13-4)44(55)52(22-11-2)38(30(5)6)27-39(59-24-12-3)43-49-37(29-61-43)42(54)48-34(25-32(8)45(56)57)26-33-17-19-35(20-18-33)60-46(58)36-16-15-21-47-36/h17-20,29-32,34,36,38-39,41,47H,10-16,21-28H2,1-9H3,(H,48,54)(H,50,53)(H,56,57)/t31-,32-,34+,36+,38+,39+,41-/m0/s1. The van der Waals surface area contributed by atoms with Crippen LogP contribution < -0.4 is 20.7 Å². The van der Waals surface area contributed by atoms with E-state index in [9.17, 15) is 29.1 Å². The third-order valence-corrected chi connectivity index (χ3v) is 12.3. The number of hydrogen-bond donors (Lipinski definition) is 4. The number of aliphatic carboxylic acids is 1. The van der Waals surface area contributed by atoms with E-state index in [2.05, 4.69) is 36.7 Å². The van der Waals surface area contributed by atoms with Gasteiger partial charge >= 0.3 is 11.9 Å². The number of ether oxygens (including phenoxy) is 2. The topological polar surface area (TPSA) is 180 Å². The van der Waals surface area contributed by atoms with Gasteiger partial charge in [0.15, 0.2) is 0 Å². The zero-order valence-electron chi connectivity index (χ0n) is 38.2. The lowest BCUT2D eigenvalue weighted by molar-refractivity contribution is -0.142. The first-order chi connectivity index (χ1) is 29.1. The summed E-state index contributed by atoms with van der Waals surface area (Å²) in [6, 6.07) is 5.28. The zero-order valence-corrected chi connectivity index (χ0v) is 39.0. The molecule has 1 aromatic heterocycles. The Kier molecular flexibility index (Phi) is 22.4. The van der Waals surface area contributed by atoms with E-state index in [4.69, 9.17) is 14.5 Å². The molecule has 2 aromatic rings. The monoisotopic (exact) mass is 871 g/mol. The van der Waals surface area contributed by atoms with E-state index in [0.717, 1.165) is 63.6 Å². The lowest BCUT2D eigenvalue weighted by Crippen LogP contribution is -2.56. The second-order valence-corrected chi connectivity index (χ2v) is 18.0. The van der Waals surface area contributed by atoms with Gasteiger partial charge in [0, 0.05) is 37.0 Å². The van der Waals surface area contributed by atoms with Crippen LogP contribution in [0.3, 0.4) is 0 Å². The van der Waals surface area contributed by atoms with Crippen LogP contribution in [0, 0.1) is 17.8 Å². The van der Waals surface area contributed by atoms with E-state index in [1.54, 1.807) is 24.4 Å². The van der Waals surface area contributed by atoms with Crippen molar-refractivity contribution in [2.75, 3.05) is 39.8 Å². The summed E-state index contributed by atoms with van der Waals surface area (Å²) in [7, 11) is 1.92. The van der Waals surface area contributed by atoms with Crippen LogP contribution in [0.5, 0.6) is 5.75 Å². The molecule has 0 aliphatic carbocycles. The highest BCUT2D eigenvalue weighted by atomic mass is 32.1. The molecule has 0 bridgehead atoms. The maximum Gasteiger partial charge on any atom is 0.328 e. The van der Waals surface area contributed by atoms with E-state index in [1.807, 2.05) is 56.7 Å². The average molecular weight is 871 g/mol. The predicted molar refractivity (Wildman–Crippen MR) is 240 cm³/mol. The first-order valence-corrected chi connectivity index (χ1v) is 23.4. The van der Waals surface area contributed by atoms with E-state index >= 15 is 0 Å². The normalized spacial score (nSPS) is 17.0. The molecule has 1 aromatic carbocycles. The van der Waals surface area contributed by atoms with E-state index < -0.39 is 36.0 Å². The van der Waals surface area contributed by atoms with Crippen molar-refractivity contribution in [1.29, 1.82) is 0 Å². The van der Waals surface area contributed by atoms with Gasteiger partial charge in [0.05, 0.1) is 12.5 Å². The number of likely N-dealkylation sites (N-methyl/N-ethyl adjacent to an activating group) is 1. The first kappa shape index (κ1) is 51.4. The molecular weight excluding hydrogens is 797 g/mol. The summed E-state index contributed by atoms with van der Waals surface area (Å²) < 4.78 is 12.0. The number of thiazole rings is 1. The van der Waals surface area contributed by atoms with Crippen LogP contribution in [-0.4, -0.2) is 114 Å². The molecule has 1 aliphatic heterocycles. The third kappa shape index (κ3) is 16.7. The van der Waals surface area contributed by atoms with Gasteiger partial charge < -0.3 is 35.4 Å². The Balaban J connectivity index is 1.82. The van der Waals surface area contributed by atoms with E-state index in [1.165, 1.54) is 11.3 Å². The smallest absolute Gasteiger partial charge is 0.328 e. The van der Waals surface area contributed by atoms with Crippen LogP contribution in [0.1, 0.15) is 140 Å². The first-order valence-electron chi connectivity index (χ1n) is 22.5. The fraction of sp³-hybridized carbons (Fsp3) is 0.696. The van der Waals surface area contributed by atoms with Gasteiger partial charge in [-0.2, -0.15) is 0 Å². The fourth-order valence-electron chi connectivity index (χ4n) is 7.56. The van der Waals surface area contributed by atoms with Crippen LogP contribution in [0.25, 0.3) is 0 Å². The quantitative estimate of drug-likeness (QED) is 0.0533. The van der Waals surface area contributed by atoms with Gasteiger partial charge in [0.1, 0.15) is 34.6 Å². The second kappa shape index (κ2) is 26.5. The Morgan fingerprint density at radius 2 is 1.69 bits per heavy atom. The number of carboxylic acid groups (broad SMARTS) is 1. The third-order valence-electron chi connectivity index (χ3n) is 11.4. The molecule has 1 fully saturated rings. The van der Waals surface area contributed by atoms with Gasteiger partial charge in [-0.25, -0.2) is 9.78 Å². The molecule has 0 spiro atoms. The largest absolute Gasteiger partial charge is 0.481 e. The molecular formula is C46H74N6O8S. The van der Waals surface area contributed by atoms with Gasteiger partial charge in [-0.1, -0.05) is 80.4 Å². The number of nitrogens with one attached hydrogen (secondary N) is 3. The Morgan fingerprint density at radius 1 is 0.967 bits per heavy atom. The molecule has 3 rings (SSSR count). The summed E-state index contributed by atoms with van der Waals surface area (Å²) in [4.78, 5) is 74.8. The highest BCUT2D eigenvalue weighted by molar-refractivity contribution is 7.09. The van der Waals surface area contributed by atoms with Gasteiger partial charge in [0.25, 0.3) is 5.91 Å². The number of benzene rings is 1. The molecule has 1 aliphatic rings. The van der Waals surface area contributed by atoms with E-state index in [-0.39, 0.29) is 60.4 Å². The van der Waals surface area contributed by atoms with Gasteiger partial charge in [-0.15, -0.1) is 11.3 Å². The Labute approximate surface area is 368 Å². The zero-order chi connectivity index (χ0) is 45.1. The Hall–Kier alpha value is -3.92. The summed E-state index contributed by atoms with van der Waals surface area (Å²) in [5.74, 6) is -2.32. The van der Waals surface area contributed by atoms with Crippen LogP contribution in [-0.2, 0) is 30.3 Å². The molecule has 0 saturated carbocycles. The van der Waals surface area contributed by atoms with Crippen molar-refractivity contribution in [3.05, 3.63) is 45.9 Å². The summed E-state index contributed by atoms with van der Waals surface area (Å²) in [5.41, 5.74) is 1.04. The number of carbonyl (C=O) groups is 5. The minimum Gasteiger partial charge on any atom is -0.481 e. The van der Waals surface area contributed by atoms with Crippen LogP contribution in [0.4, 0.5) is 0 Å². The summed E-state index contributed by atoms with van der Waals surface area (Å²) >= 11 is 1.32. The molecule has 1 saturated heterocycles. The maximum atomic E-state index is 14.6. The molecule has 3 amide bonds. The van der Waals surface area contributed by atoms with Crippen molar-refractivity contribution >= 4 is 41.0 Å². The molecule has 342 valence electrons. The van der Waals surface area contributed by atoms with Crippen LogP contribution in [0.15, 0.2) is 29.6 Å². The lowest BCUT2D eigenvalue weighted by atomic mass is 9.92. The molecule has 7 atom stereocenters. The number of rotatable bonds is 28. The van der Waals surface area contributed by atoms with Crippen molar-refractivity contribution < 1.29 is 38.6 Å². The van der Waals surface area contributed by atoms with Crippen molar-refractivity contribution in [3.63, 3.8) is 0 Å². The lowest BCUT2D eigenvalue weighted by Gasteiger charge is -2.39. The number of carbonyl (C=O) groups excluding carboxylic acids is 4. The maximum absolute atomic E-state index is 14.6. The number of carboxylic acids is 1. The van der Waals surface area contributed by atoms with E-state index in [0.29, 0.717) is 36.8 Å². The van der Waals surface area contributed by atoms with Crippen molar-refractivity contribution in [1.82, 2.24) is 30.7 Å². The molecule has 15 heteroatoms. The average Bonchev–Trinajstić information content (AvgIpc) is 3.96. The predicted octanol–water partition coefficient (Wildman–Crippen LogP) is 6.64. The molecule has 0 unspecified atom stereocenters. The highest BCUT2D eigenvalue weighted by Crippen LogP contribution is 2.32. The van der Waals surface area contributed by atoms with Crippen molar-refractivity contribution in [2.24, 2.45) is 17.8 Å². The highest BCUT2D eigenvalue weighted by Gasteiger charge is 2.37. The van der Waals surface area contributed by atoms with Crippen molar-refractivity contribution in [2.45, 2.75) is 150 Å². The molecule has 14 nitrogen and oxygen atoms in total. The summed E-state index contributed by atoms with van der Waals surface area (Å²) in [5, 5.41) is 21.3. The number of esters is 1. The molecule has 2 heterocycles. The Morgan fingerprint density at radius 3 is 2.28 bits per heavy atom. The van der Waals surface area contributed by atoms with Crippen molar-refractivity contribution in [3.8, 4) is 5.75 Å². The SMILES string of the molecule is CCCCN(C)CC(=O)N[C@H](C(=O)N(CCC)[C@H](C[C@@H](OCCC)c1nc(C(=O)N[C@@H](Cc2ccc(OC(=O)[C@H]3CCCN3)cc2)C[C@H](C)C(=O)O)cs1)C(C)C)[C@@H](C)CC. The minimum atomic E-state index is -0.961. The van der Waals surface area contributed by atoms with Gasteiger partial charge in [0.2, 0.25) is 11.8 Å². The number of hydrogen-bond acceptors (Lipinski definition) is 11. The van der Waals surface area contributed by atoms with Gasteiger partial charge in [-0.3, -0.25) is 24.1 Å². The number of amides is 3. The van der Waals surface area contributed by atoms with Crippen LogP contribution >= 0.6 is 11.3 Å². The number of aromatic nitrogens is 1. The molecule has 4 N–H and O–H groups in total. The summed E-state index contributed by atoms with van der Waals surface area (Å²) in [6.07, 6.45) is 6.39. The molecule has 61 heavy (non-hydrogen) atoms. The molecule has 0 radical (unpaired) electrons. The van der Waals surface area contributed by atoms with Gasteiger partial charge in [-0.05, 0) is 94.6 Å². The fourth-order valence-corrected chi connectivity index (χ4v) is 8.42. The van der Waals surface area contributed by atoms with Crippen LogP contribution in [0.2, 0.25) is 0 Å². The minimum absolute atomic E-state index is 0.0434. The Bertz CT molecular complexity index is 1670. The number of unbranched alkanes of at least 4 members (excludes halogenated alkanes) is 1.